The van der Waals surface area contributed by atoms with Crippen LogP contribution >= 0.6 is 11.6 Å². The van der Waals surface area contributed by atoms with E-state index in [1.54, 1.807) is 42.5 Å². The fraction of sp³-hybridized carbons (Fsp3) is 0.208. The van der Waals surface area contributed by atoms with Gasteiger partial charge in [-0.05, 0) is 61.0 Å². The minimum Gasteiger partial charge on any atom is -0.497 e. The average Bonchev–Trinajstić information content (AvgIpc) is 2.83. The fourth-order valence-electron chi connectivity index (χ4n) is 3.05. The van der Waals surface area contributed by atoms with E-state index in [9.17, 15) is 13.2 Å². The van der Waals surface area contributed by atoms with Gasteiger partial charge in [-0.3, -0.25) is 9.52 Å². The summed E-state index contributed by atoms with van der Waals surface area (Å²) in [6.07, 6.45) is -0.315. The number of sulfonamides is 1. The molecule has 3 rings (SSSR count). The van der Waals surface area contributed by atoms with E-state index in [0.717, 1.165) is 0 Å². The van der Waals surface area contributed by atoms with Gasteiger partial charge in [-0.2, -0.15) is 0 Å². The lowest BCUT2D eigenvalue weighted by atomic mass is 10.2. The molecule has 0 spiro atoms. The van der Waals surface area contributed by atoms with Crippen LogP contribution in [0.1, 0.15) is 13.3 Å². The summed E-state index contributed by atoms with van der Waals surface area (Å²) in [6, 6.07) is 17.3. The van der Waals surface area contributed by atoms with Crippen LogP contribution in [0, 0.1) is 0 Å². The highest BCUT2D eigenvalue weighted by molar-refractivity contribution is 7.92. The maximum absolute atomic E-state index is 12.8. The number of carbonyl (C=O) groups excluding carboxylic acids is 1. The number of hydrogen-bond donors (Lipinski definition) is 2. The van der Waals surface area contributed by atoms with Gasteiger partial charge >= 0.3 is 0 Å². The van der Waals surface area contributed by atoms with E-state index in [2.05, 4.69) is 10.0 Å². The number of hydrogen-bond acceptors (Lipinski definition) is 6. The molecule has 0 heterocycles. The Morgan fingerprint density at radius 1 is 0.971 bits per heavy atom. The second-order valence-electron chi connectivity index (χ2n) is 7.16. The van der Waals surface area contributed by atoms with Crippen molar-refractivity contribution in [2.45, 2.75) is 24.3 Å². The predicted molar refractivity (Wildman–Crippen MR) is 132 cm³/mol. The van der Waals surface area contributed by atoms with Crippen LogP contribution in [0.25, 0.3) is 0 Å². The summed E-state index contributed by atoms with van der Waals surface area (Å²) in [6.45, 7) is 1.82. The number of halogens is 1. The van der Waals surface area contributed by atoms with Crippen LogP contribution in [0.2, 0.25) is 5.02 Å². The first-order valence-corrected chi connectivity index (χ1v) is 12.2. The predicted octanol–water partition coefficient (Wildman–Crippen LogP) is 4.95. The highest BCUT2D eigenvalue weighted by Crippen LogP contribution is 2.31. The van der Waals surface area contributed by atoms with E-state index in [-0.39, 0.29) is 16.5 Å². The molecule has 0 unspecified atom stereocenters. The summed E-state index contributed by atoms with van der Waals surface area (Å²) in [5.74, 6) is 0.969. The molecular formula is C24H25ClN2O6S. The number of ether oxygens (including phenoxy) is 3. The zero-order valence-electron chi connectivity index (χ0n) is 18.9. The van der Waals surface area contributed by atoms with Crippen LogP contribution in [0.4, 0.5) is 11.4 Å². The lowest BCUT2D eigenvalue weighted by Gasteiger charge is -2.17. The van der Waals surface area contributed by atoms with Crippen molar-refractivity contribution in [1.29, 1.82) is 0 Å². The van der Waals surface area contributed by atoms with Crippen molar-refractivity contribution in [1.82, 2.24) is 0 Å². The van der Waals surface area contributed by atoms with Crippen molar-refractivity contribution in [2.75, 3.05) is 24.3 Å². The average molecular weight is 505 g/mol. The Morgan fingerprint density at radius 2 is 1.71 bits per heavy atom. The van der Waals surface area contributed by atoms with Crippen molar-refractivity contribution in [3.63, 3.8) is 0 Å². The van der Waals surface area contributed by atoms with E-state index in [1.165, 1.54) is 38.5 Å². The Hall–Kier alpha value is -3.43. The molecular weight excluding hydrogens is 480 g/mol. The van der Waals surface area contributed by atoms with Crippen molar-refractivity contribution >= 4 is 38.9 Å². The molecule has 1 atom stereocenters. The van der Waals surface area contributed by atoms with Crippen LogP contribution < -0.4 is 24.2 Å². The molecule has 0 bridgehead atoms. The molecule has 1 amide bonds. The summed E-state index contributed by atoms with van der Waals surface area (Å²) in [4.78, 5) is 12.7. The number of benzene rings is 3. The Labute approximate surface area is 203 Å². The second kappa shape index (κ2) is 11.1. The van der Waals surface area contributed by atoms with Crippen LogP contribution in [-0.2, 0) is 14.8 Å². The molecule has 3 aromatic rings. The quantitative estimate of drug-likeness (QED) is 0.405. The maximum Gasteiger partial charge on any atom is 0.265 e. The molecule has 8 nitrogen and oxygen atoms in total. The molecule has 3 aromatic carbocycles. The van der Waals surface area contributed by atoms with Crippen molar-refractivity contribution in [3.8, 4) is 17.2 Å². The minimum absolute atomic E-state index is 0.0191. The van der Waals surface area contributed by atoms with Crippen molar-refractivity contribution in [3.05, 3.63) is 71.8 Å². The fourth-order valence-corrected chi connectivity index (χ4v) is 4.30. The Bertz CT molecular complexity index is 1250. The zero-order valence-corrected chi connectivity index (χ0v) is 20.4. The van der Waals surface area contributed by atoms with Crippen LogP contribution in [0.5, 0.6) is 17.2 Å². The minimum atomic E-state index is -3.90. The number of rotatable bonds is 10. The Kier molecular flexibility index (Phi) is 8.25. The first kappa shape index (κ1) is 25.2. The van der Waals surface area contributed by atoms with Gasteiger partial charge in [0.25, 0.3) is 15.9 Å². The molecule has 2 N–H and O–H groups in total. The third-order valence-electron chi connectivity index (χ3n) is 4.82. The molecule has 180 valence electrons. The van der Waals surface area contributed by atoms with Crippen LogP contribution in [0.3, 0.4) is 0 Å². The molecule has 10 heteroatoms. The van der Waals surface area contributed by atoms with E-state index in [1.807, 2.05) is 6.92 Å². The Morgan fingerprint density at radius 3 is 2.32 bits per heavy atom. The molecule has 0 aliphatic carbocycles. The van der Waals surface area contributed by atoms with E-state index < -0.39 is 16.1 Å². The summed E-state index contributed by atoms with van der Waals surface area (Å²) in [5, 5.41) is 3.25. The number of amides is 1. The molecule has 34 heavy (non-hydrogen) atoms. The van der Waals surface area contributed by atoms with Crippen molar-refractivity contribution in [2.24, 2.45) is 0 Å². The maximum atomic E-state index is 12.8. The lowest BCUT2D eigenvalue weighted by Crippen LogP contribution is -2.32. The summed E-state index contributed by atoms with van der Waals surface area (Å²) in [7, 11) is -0.958. The first-order valence-electron chi connectivity index (χ1n) is 10.3. The highest BCUT2D eigenvalue weighted by Gasteiger charge is 2.20. The van der Waals surface area contributed by atoms with Gasteiger partial charge in [0, 0.05) is 16.8 Å². The highest BCUT2D eigenvalue weighted by atomic mass is 35.5. The van der Waals surface area contributed by atoms with Crippen LogP contribution in [0.15, 0.2) is 71.6 Å². The van der Waals surface area contributed by atoms with Crippen LogP contribution in [-0.4, -0.2) is 34.6 Å². The van der Waals surface area contributed by atoms with Crippen molar-refractivity contribution < 1.29 is 27.4 Å². The van der Waals surface area contributed by atoms with E-state index in [4.69, 9.17) is 25.8 Å². The standard InChI is InChI=1S/C24H25ClN2O6S/c1-4-22(33-19-7-5-6-16(25)14-19)24(28)26-17-8-11-20(12-9-17)34(29,30)27-21-13-10-18(31-2)15-23(21)32-3/h5-15,22,27H,4H2,1-3H3,(H,26,28)/t22-/m1/s1. The number of nitrogens with one attached hydrogen (secondary N) is 2. The monoisotopic (exact) mass is 504 g/mol. The summed E-state index contributed by atoms with van der Waals surface area (Å²) in [5.41, 5.74) is 0.698. The number of anilines is 2. The zero-order chi connectivity index (χ0) is 24.7. The summed E-state index contributed by atoms with van der Waals surface area (Å²) < 4.78 is 44.3. The third-order valence-corrected chi connectivity index (χ3v) is 6.44. The van der Waals surface area contributed by atoms with Gasteiger partial charge in [-0.25, -0.2) is 8.42 Å². The molecule has 0 aromatic heterocycles. The second-order valence-corrected chi connectivity index (χ2v) is 9.28. The molecule has 0 aliphatic heterocycles. The SMILES string of the molecule is CC[C@@H](Oc1cccc(Cl)c1)C(=O)Nc1ccc(S(=O)(=O)Nc2ccc(OC)cc2OC)cc1. The smallest absolute Gasteiger partial charge is 0.265 e. The molecule has 0 radical (unpaired) electrons. The first-order chi connectivity index (χ1) is 16.2. The normalized spacial score (nSPS) is 11.9. The molecule has 0 saturated heterocycles. The van der Waals surface area contributed by atoms with Gasteiger partial charge in [0.05, 0.1) is 24.8 Å². The van der Waals surface area contributed by atoms with Gasteiger partial charge in [0.1, 0.15) is 17.2 Å². The third kappa shape index (κ3) is 6.33. The topological polar surface area (TPSA) is 103 Å². The number of methoxy groups -OCH3 is 2. The largest absolute Gasteiger partial charge is 0.497 e. The van der Waals surface area contributed by atoms with Gasteiger partial charge in [0.2, 0.25) is 0 Å². The molecule has 0 fully saturated rings. The lowest BCUT2D eigenvalue weighted by molar-refractivity contribution is -0.122. The molecule has 0 aliphatic rings. The Balaban J connectivity index is 1.69. The van der Waals surface area contributed by atoms with Gasteiger partial charge in [0.15, 0.2) is 6.10 Å². The summed E-state index contributed by atoms with van der Waals surface area (Å²) >= 11 is 5.97. The number of carbonyl (C=O) groups is 1. The van der Waals surface area contributed by atoms with Gasteiger partial charge < -0.3 is 19.5 Å². The van der Waals surface area contributed by atoms with E-state index in [0.29, 0.717) is 34.4 Å². The van der Waals surface area contributed by atoms with E-state index >= 15 is 0 Å². The van der Waals surface area contributed by atoms with Gasteiger partial charge in [-0.15, -0.1) is 0 Å². The molecule has 0 saturated carbocycles. The van der Waals surface area contributed by atoms with Gasteiger partial charge in [-0.1, -0.05) is 24.6 Å².